The van der Waals surface area contributed by atoms with Gasteiger partial charge in [0, 0.05) is 18.4 Å². The second-order valence-corrected chi connectivity index (χ2v) is 4.92. The van der Waals surface area contributed by atoms with Crippen LogP contribution in [0.25, 0.3) is 0 Å². The Morgan fingerprint density at radius 1 is 1.47 bits per heavy atom. The summed E-state index contributed by atoms with van der Waals surface area (Å²) in [5.74, 6) is 0.177. The molecule has 0 aliphatic rings. The molecule has 0 aliphatic heterocycles. The zero-order valence-corrected chi connectivity index (χ0v) is 11.4. The lowest BCUT2D eigenvalue weighted by molar-refractivity contribution is -0.385. The van der Waals surface area contributed by atoms with Crippen LogP contribution < -0.4 is 0 Å². The largest absolute Gasteiger partial charge is 0.299 e. The second kappa shape index (κ2) is 5.91. The fraction of sp³-hybridized carbons (Fsp3) is 0.417. The van der Waals surface area contributed by atoms with E-state index in [0.29, 0.717) is 17.3 Å². The molecule has 0 aromatic heterocycles. The van der Waals surface area contributed by atoms with Crippen molar-refractivity contribution in [1.82, 2.24) is 0 Å². The highest BCUT2D eigenvalue weighted by Gasteiger charge is 2.15. The minimum Gasteiger partial charge on any atom is -0.299 e. The van der Waals surface area contributed by atoms with Gasteiger partial charge in [-0.3, -0.25) is 14.9 Å². The van der Waals surface area contributed by atoms with Gasteiger partial charge >= 0.3 is 0 Å². The number of halogens is 1. The molecule has 0 heterocycles. The number of nitro benzene ring substituents is 1. The summed E-state index contributed by atoms with van der Waals surface area (Å²) in [5, 5.41) is 10.7. The normalized spacial score (nSPS) is 10.6. The van der Waals surface area contributed by atoms with E-state index >= 15 is 0 Å². The predicted octanol–water partition coefficient (Wildman–Crippen LogP) is 3.52. The molecule has 0 atom stereocenters. The number of carbonyl (C=O) groups excluding carboxylic acids is 1. The first-order valence-corrected chi connectivity index (χ1v) is 6.17. The van der Waals surface area contributed by atoms with E-state index in [1.165, 1.54) is 6.07 Å². The van der Waals surface area contributed by atoms with Crippen LogP contribution in [0.5, 0.6) is 0 Å². The zero-order valence-electron chi connectivity index (χ0n) is 9.77. The summed E-state index contributed by atoms with van der Waals surface area (Å²) in [6.07, 6.45) is 0.941. The number of hydrogen-bond acceptors (Lipinski definition) is 3. The van der Waals surface area contributed by atoms with Gasteiger partial charge in [-0.25, -0.2) is 0 Å². The number of carbonyl (C=O) groups is 1. The molecule has 5 heteroatoms. The Morgan fingerprint density at radius 2 is 2.12 bits per heavy atom. The van der Waals surface area contributed by atoms with Gasteiger partial charge in [0.15, 0.2) is 0 Å². The van der Waals surface area contributed by atoms with E-state index in [-0.39, 0.29) is 17.4 Å². The number of aryl methyl sites for hydroxylation is 1. The summed E-state index contributed by atoms with van der Waals surface area (Å²) in [5.41, 5.74) is 0.840. The number of nitro groups is 1. The van der Waals surface area contributed by atoms with Crippen LogP contribution in [-0.2, 0) is 11.2 Å². The smallest absolute Gasteiger partial charge is 0.283 e. The second-order valence-electron chi connectivity index (χ2n) is 4.13. The molecule has 17 heavy (non-hydrogen) atoms. The molecule has 0 amide bonds. The van der Waals surface area contributed by atoms with Crippen molar-refractivity contribution in [3.63, 3.8) is 0 Å². The van der Waals surface area contributed by atoms with Crippen molar-refractivity contribution in [3.05, 3.63) is 38.3 Å². The van der Waals surface area contributed by atoms with Crippen LogP contribution in [0.3, 0.4) is 0 Å². The van der Waals surface area contributed by atoms with E-state index < -0.39 is 4.92 Å². The summed E-state index contributed by atoms with van der Waals surface area (Å²) in [4.78, 5) is 21.8. The van der Waals surface area contributed by atoms with Crippen LogP contribution >= 0.6 is 15.9 Å². The third-order valence-electron chi connectivity index (χ3n) is 2.54. The van der Waals surface area contributed by atoms with Gasteiger partial charge in [0.25, 0.3) is 5.69 Å². The Balaban J connectivity index is 2.82. The number of benzene rings is 1. The molecular weight excluding hydrogens is 286 g/mol. The van der Waals surface area contributed by atoms with Gasteiger partial charge in [0.05, 0.1) is 9.40 Å². The Hall–Kier alpha value is -1.23. The highest BCUT2D eigenvalue weighted by molar-refractivity contribution is 9.10. The third-order valence-corrected chi connectivity index (χ3v) is 3.46. The standard InChI is InChI=1S/C12H14BrNO3/c1-8(2)11(15)7-6-9-4-3-5-10(12(9)13)14(16)17/h3-5,8H,6-7H2,1-2H3. The van der Waals surface area contributed by atoms with Crippen molar-refractivity contribution in [2.24, 2.45) is 5.92 Å². The zero-order chi connectivity index (χ0) is 13.0. The molecule has 0 spiro atoms. The fourth-order valence-corrected chi connectivity index (χ4v) is 2.05. The van der Waals surface area contributed by atoms with Gasteiger partial charge in [0.2, 0.25) is 0 Å². The minimum atomic E-state index is -0.433. The van der Waals surface area contributed by atoms with Gasteiger partial charge in [-0.05, 0) is 27.9 Å². The molecular formula is C12H14BrNO3. The van der Waals surface area contributed by atoms with Crippen LogP contribution in [0.15, 0.2) is 22.7 Å². The van der Waals surface area contributed by atoms with E-state index in [2.05, 4.69) is 15.9 Å². The molecule has 92 valence electrons. The minimum absolute atomic E-state index is 0.00692. The average molecular weight is 300 g/mol. The van der Waals surface area contributed by atoms with Gasteiger partial charge < -0.3 is 0 Å². The Labute approximate surface area is 108 Å². The molecule has 1 aromatic rings. The Bertz CT molecular complexity index is 443. The van der Waals surface area contributed by atoms with Crippen molar-refractivity contribution < 1.29 is 9.72 Å². The Morgan fingerprint density at radius 3 is 2.65 bits per heavy atom. The quantitative estimate of drug-likeness (QED) is 0.617. The van der Waals surface area contributed by atoms with E-state index in [1.807, 2.05) is 13.8 Å². The third kappa shape index (κ3) is 3.63. The van der Waals surface area contributed by atoms with Gasteiger partial charge in [0.1, 0.15) is 5.78 Å². The fourth-order valence-electron chi connectivity index (χ4n) is 1.45. The summed E-state index contributed by atoms with van der Waals surface area (Å²) < 4.78 is 0.474. The molecule has 0 radical (unpaired) electrons. The van der Waals surface area contributed by atoms with Crippen molar-refractivity contribution >= 4 is 27.4 Å². The topological polar surface area (TPSA) is 60.2 Å². The van der Waals surface area contributed by atoms with Gasteiger partial charge in [-0.2, -0.15) is 0 Å². The lowest BCUT2D eigenvalue weighted by Crippen LogP contribution is -2.08. The first-order valence-electron chi connectivity index (χ1n) is 5.38. The SMILES string of the molecule is CC(C)C(=O)CCc1cccc([N+](=O)[O-])c1Br. The van der Waals surface area contributed by atoms with E-state index in [0.717, 1.165) is 5.56 Å². The molecule has 1 rings (SSSR count). The van der Waals surface area contributed by atoms with Crippen LogP contribution in [0.2, 0.25) is 0 Å². The summed E-state index contributed by atoms with van der Waals surface area (Å²) in [6.45, 7) is 3.70. The monoisotopic (exact) mass is 299 g/mol. The lowest BCUT2D eigenvalue weighted by Gasteiger charge is -2.06. The van der Waals surface area contributed by atoms with E-state index in [4.69, 9.17) is 0 Å². The highest BCUT2D eigenvalue weighted by Crippen LogP contribution is 2.29. The number of nitrogens with zero attached hydrogens (tertiary/aromatic N) is 1. The van der Waals surface area contributed by atoms with Crippen LogP contribution in [0.4, 0.5) is 5.69 Å². The first kappa shape index (κ1) is 13.8. The van der Waals surface area contributed by atoms with Crippen molar-refractivity contribution in [2.45, 2.75) is 26.7 Å². The van der Waals surface area contributed by atoms with Crippen LogP contribution in [0.1, 0.15) is 25.8 Å². The number of ketones is 1. The molecule has 0 saturated carbocycles. The molecule has 1 aromatic carbocycles. The molecule has 0 fully saturated rings. The van der Waals surface area contributed by atoms with Gasteiger partial charge in [-0.1, -0.05) is 26.0 Å². The first-order chi connectivity index (χ1) is 7.93. The molecule has 0 N–H and O–H groups in total. The molecule has 0 aliphatic carbocycles. The summed E-state index contributed by atoms with van der Waals surface area (Å²) in [6, 6.07) is 4.88. The maximum Gasteiger partial charge on any atom is 0.283 e. The maximum atomic E-state index is 11.5. The number of rotatable bonds is 5. The maximum absolute atomic E-state index is 11.5. The van der Waals surface area contributed by atoms with Crippen LogP contribution in [0, 0.1) is 16.0 Å². The summed E-state index contributed by atoms with van der Waals surface area (Å²) in [7, 11) is 0. The number of hydrogen-bond donors (Lipinski definition) is 0. The molecule has 4 nitrogen and oxygen atoms in total. The molecule has 0 saturated heterocycles. The molecule has 0 unspecified atom stereocenters. The van der Waals surface area contributed by atoms with E-state index in [9.17, 15) is 14.9 Å². The van der Waals surface area contributed by atoms with Crippen LogP contribution in [-0.4, -0.2) is 10.7 Å². The van der Waals surface area contributed by atoms with E-state index in [1.54, 1.807) is 12.1 Å². The Kier molecular flexibility index (Phi) is 4.81. The average Bonchev–Trinajstić information content (AvgIpc) is 2.26. The van der Waals surface area contributed by atoms with Gasteiger partial charge in [-0.15, -0.1) is 0 Å². The lowest BCUT2D eigenvalue weighted by atomic mass is 10.0. The molecule has 0 bridgehead atoms. The van der Waals surface area contributed by atoms with Crippen molar-refractivity contribution in [1.29, 1.82) is 0 Å². The summed E-state index contributed by atoms with van der Waals surface area (Å²) >= 11 is 3.22. The van der Waals surface area contributed by atoms with Crippen molar-refractivity contribution in [2.75, 3.05) is 0 Å². The predicted molar refractivity (Wildman–Crippen MR) is 69.0 cm³/mol. The van der Waals surface area contributed by atoms with Crippen molar-refractivity contribution in [3.8, 4) is 0 Å². The number of Topliss-reactive ketones (excluding diaryl/α,β-unsaturated/α-hetero) is 1. The highest BCUT2D eigenvalue weighted by atomic mass is 79.9.